The van der Waals surface area contributed by atoms with Gasteiger partial charge in [0.15, 0.2) is 0 Å². The maximum Gasteiger partial charge on any atom is 0.245 e. The van der Waals surface area contributed by atoms with Crippen LogP contribution in [-0.4, -0.2) is 47.7 Å². The lowest BCUT2D eigenvalue weighted by Gasteiger charge is -2.19. The van der Waals surface area contributed by atoms with E-state index in [9.17, 15) is 13.2 Å². The van der Waals surface area contributed by atoms with E-state index in [1.807, 2.05) is 30.3 Å². The number of carbonyl (C=O) groups excluding carboxylic acids is 1. The number of hydrogen-bond donors (Lipinski definition) is 2. The smallest absolute Gasteiger partial charge is 0.245 e. The maximum absolute atomic E-state index is 12.9. The summed E-state index contributed by atoms with van der Waals surface area (Å²) in [7, 11) is -1.19. The third-order valence-electron chi connectivity index (χ3n) is 3.92. The molecule has 0 aliphatic rings. The molecule has 0 aromatic heterocycles. The number of benzene rings is 2. The zero-order chi connectivity index (χ0) is 20.6. The van der Waals surface area contributed by atoms with Crippen LogP contribution >= 0.6 is 11.6 Å². The maximum atomic E-state index is 12.9. The highest BCUT2D eigenvalue weighted by molar-refractivity contribution is 7.89. The Balaban J connectivity index is 2.29. The van der Waals surface area contributed by atoms with Crippen LogP contribution < -0.4 is 14.8 Å². The molecule has 28 heavy (non-hydrogen) atoms. The van der Waals surface area contributed by atoms with Gasteiger partial charge in [0.1, 0.15) is 16.7 Å². The van der Waals surface area contributed by atoms with Crippen molar-refractivity contribution < 1.29 is 22.7 Å². The number of methoxy groups -OCH3 is 2. The van der Waals surface area contributed by atoms with Crippen molar-refractivity contribution in [2.24, 2.45) is 0 Å². The molecule has 0 aliphatic carbocycles. The minimum Gasteiger partial charge on any atom is -0.495 e. The van der Waals surface area contributed by atoms with Gasteiger partial charge < -0.3 is 14.8 Å². The number of rotatable bonds is 10. The zero-order valence-electron chi connectivity index (χ0n) is 15.6. The Morgan fingerprint density at radius 3 is 2.50 bits per heavy atom. The topological polar surface area (TPSA) is 93.7 Å². The van der Waals surface area contributed by atoms with Crippen molar-refractivity contribution in [3.05, 3.63) is 59.1 Å². The summed E-state index contributed by atoms with van der Waals surface area (Å²) >= 11 is 5.95. The molecule has 0 spiro atoms. The Morgan fingerprint density at radius 2 is 1.86 bits per heavy atom. The monoisotopic (exact) mass is 426 g/mol. The molecule has 152 valence electrons. The summed E-state index contributed by atoms with van der Waals surface area (Å²) in [6.45, 7) is 0.585. The van der Waals surface area contributed by atoms with Crippen LogP contribution in [0.3, 0.4) is 0 Å². The molecule has 0 heterocycles. The minimum atomic E-state index is -4.07. The number of halogens is 1. The Morgan fingerprint density at radius 1 is 1.14 bits per heavy atom. The van der Waals surface area contributed by atoms with E-state index in [2.05, 4.69) is 10.0 Å². The first-order valence-corrected chi connectivity index (χ1v) is 10.4. The van der Waals surface area contributed by atoms with Crippen LogP contribution in [0.4, 0.5) is 0 Å². The summed E-state index contributed by atoms with van der Waals surface area (Å²) in [5.41, 5.74) is 0.815. The van der Waals surface area contributed by atoms with Gasteiger partial charge in [-0.05, 0) is 30.2 Å². The van der Waals surface area contributed by atoms with Crippen LogP contribution in [0.15, 0.2) is 53.4 Å². The lowest BCUT2D eigenvalue weighted by Crippen LogP contribution is -2.48. The highest BCUT2D eigenvalue weighted by Crippen LogP contribution is 2.27. The largest absolute Gasteiger partial charge is 0.495 e. The number of ether oxygens (including phenoxy) is 2. The lowest BCUT2D eigenvalue weighted by atomic mass is 10.1. The van der Waals surface area contributed by atoms with Crippen molar-refractivity contribution in [3.63, 3.8) is 0 Å². The van der Waals surface area contributed by atoms with Gasteiger partial charge >= 0.3 is 0 Å². The zero-order valence-corrected chi connectivity index (χ0v) is 17.2. The highest BCUT2D eigenvalue weighted by atomic mass is 35.5. The van der Waals surface area contributed by atoms with E-state index < -0.39 is 22.0 Å². The van der Waals surface area contributed by atoms with Gasteiger partial charge in [-0.25, -0.2) is 8.42 Å². The van der Waals surface area contributed by atoms with Crippen LogP contribution in [0, 0.1) is 0 Å². The van der Waals surface area contributed by atoms with Crippen molar-refractivity contribution >= 4 is 27.5 Å². The lowest BCUT2D eigenvalue weighted by molar-refractivity contribution is -0.122. The van der Waals surface area contributed by atoms with Gasteiger partial charge in [-0.2, -0.15) is 4.72 Å². The molecule has 0 radical (unpaired) electrons. The fourth-order valence-electron chi connectivity index (χ4n) is 2.55. The third-order valence-corrected chi connectivity index (χ3v) is 5.65. The Hall–Kier alpha value is -2.13. The second-order valence-electron chi connectivity index (χ2n) is 5.94. The van der Waals surface area contributed by atoms with Crippen LogP contribution in [0.2, 0.25) is 5.02 Å². The highest BCUT2D eigenvalue weighted by Gasteiger charge is 2.28. The number of sulfonamides is 1. The molecule has 9 heteroatoms. The standard InChI is InChI=1S/C19H23ClN2O5S/c1-26-11-10-21-19(23)16(12-14-6-4-3-5-7-14)22-28(24,25)18-13-15(20)8-9-17(18)27-2/h3-9,13,16,22H,10-12H2,1-2H3,(H,21,23). The summed E-state index contributed by atoms with van der Waals surface area (Å²) in [4.78, 5) is 12.5. The third kappa shape index (κ3) is 6.20. The van der Waals surface area contributed by atoms with Crippen LogP contribution in [0.5, 0.6) is 5.75 Å². The van der Waals surface area contributed by atoms with Crippen molar-refractivity contribution in [3.8, 4) is 5.75 Å². The van der Waals surface area contributed by atoms with Crippen LogP contribution in [-0.2, 0) is 26.0 Å². The number of amides is 1. The second kappa shape index (κ2) is 10.4. The molecule has 1 amide bonds. The van der Waals surface area contributed by atoms with Gasteiger partial charge in [-0.1, -0.05) is 41.9 Å². The van der Waals surface area contributed by atoms with Crippen molar-refractivity contribution in [1.29, 1.82) is 0 Å². The van der Waals surface area contributed by atoms with E-state index in [4.69, 9.17) is 21.1 Å². The molecule has 0 saturated carbocycles. The summed E-state index contributed by atoms with van der Waals surface area (Å²) in [5.74, 6) is -0.319. The normalized spacial score (nSPS) is 12.4. The Labute approximate surface area is 170 Å². The average molecular weight is 427 g/mol. The first-order chi connectivity index (χ1) is 13.4. The molecule has 1 atom stereocenters. The molecular weight excluding hydrogens is 404 g/mol. The van der Waals surface area contributed by atoms with Gasteiger partial charge in [0.05, 0.1) is 13.7 Å². The summed E-state index contributed by atoms with van der Waals surface area (Å²) in [5, 5.41) is 2.91. The van der Waals surface area contributed by atoms with E-state index in [1.165, 1.54) is 32.4 Å². The van der Waals surface area contributed by atoms with Crippen molar-refractivity contribution in [1.82, 2.24) is 10.0 Å². The molecule has 0 fully saturated rings. The summed E-state index contributed by atoms with van der Waals surface area (Å²) in [6, 6.07) is 12.4. The molecule has 7 nitrogen and oxygen atoms in total. The number of carbonyl (C=O) groups is 1. The van der Waals surface area contributed by atoms with E-state index in [-0.39, 0.29) is 28.6 Å². The second-order valence-corrected chi connectivity index (χ2v) is 8.06. The number of nitrogens with one attached hydrogen (secondary N) is 2. The average Bonchev–Trinajstić information content (AvgIpc) is 2.68. The Kier molecular flexibility index (Phi) is 8.25. The molecule has 2 aromatic rings. The first-order valence-electron chi connectivity index (χ1n) is 8.54. The fraction of sp³-hybridized carbons (Fsp3) is 0.316. The SMILES string of the molecule is COCCNC(=O)C(Cc1ccccc1)NS(=O)(=O)c1cc(Cl)ccc1OC. The van der Waals surface area contributed by atoms with Crippen LogP contribution in [0.25, 0.3) is 0 Å². The quantitative estimate of drug-likeness (QED) is 0.567. The fourth-order valence-corrected chi connectivity index (χ4v) is 4.18. The molecule has 2 N–H and O–H groups in total. The predicted octanol–water partition coefficient (Wildman–Crippen LogP) is 2.00. The molecule has 1 unspecified atom stereocenters. The van der Waals surface area contributed by atoms with E-state index in [1.54, 1.807) is 0 Å². The molecule has 0 saturated heterocycles. The van der Waals surface area contributed by atoms with E-state index >= 15 is 0 Å². The van der Waals surface area contributed by atoms with Gasteiger partial charge in [0.25, 0.3) is 0 Å². The first kappa shape index (κ1) is 22.2. The van der Waals surface area contributed by atoms with Crippen molar-refractivity contribution in [2.75, 3.05) is 27.4 Å². The van der Waals surface area contributed by atoms with Gasteiger partial charge in [0.2, 0.25) is 15.9 Å². The summed E-state index contributed by atoms with van der Waals surface area (Å²) < 4.78 is 38.4. The van der Waals surface area contributed by atoms with Gasteiger partial charge in [0, 0.05) is 18.7 Å². The molecular formula is C19H23ClN2O5S. The predicted molar refractivity (Wildman–Crippen MR) is 107 cm³/mol. The minimum absolute atomic E-state index is 0.134. The van der Waals surface area contributed by atoms with Crippen LogP contribution in [0.1, 0.15) is 5.56 Å². The van der Waals surface area contributed by atoms with Gasteiger partial charge in [-0.15, -0.1) is 0 Å². The molecule has 0 bridgehead atoms. The molecule has 2 aromatic carbocycles. The van der Waals surface area contributed by atoms with Gasteiger partial charge in [-0.3, -0.25) is 4.79 Å². The molecule has 0 aliphatic heterocycles. The van der Waals surface area contributed by atoms with E-state index in [0.717, 1.165) is 5.56 Å². The molecule has 2 rings (SSSR count). The van der Waals surface area contributed by atoms with E-state index in [0.29, 0.717) is 6.61 Å². The summed E-state index contributed by atoms with van der Waals surface area (Å²) in [6.07, 6.45) is 0.182. The number of hydrogen-bond acceptors (Lipinski definition) is 5. The Bertz CT molecular complexity index is 890. The van der Waals surface area contributed by atoms with Crippen molar-refractivity contribution in [2.45, 2.75) is 17.4 Å².